The van der Waals surface area contributed by atoms with Gasteiger partial charge < -0.3 is 4.74 Å². The Morgan fingerprint density at radius 2 is 2.15 bits per heavy atom. The molecule has 0 amide bonds. The number of hydrogen-bond acceptors (Lipinski definition) is 6. The van der Waals surface area contributed by atoms with E-state index in [2.05, 4.69) is 17.6 Å². The van der Waals surface area contributed by atoms with Gasteiger partial charge in [-0.05, 0) is 31.4 Å². The maximum Gasteiger partial charge on any atom is 0.264 e. The van der Waals surface area contributed by atoms with Crippen LogP contribution in [0.3, 0.4) is 0 Å². The highest BCUT2D eigenvalue weighted by molar-refractivity contribution is 7.85. The molecule has 2 aromatic rings. The van der Waals surface area contributed by atoms with Crippen molar-refractivity contribution in [3.05, 3.63) is 17.7 Å². The third-order valence-electron chi connectivity index (χ3n) is 2.73. The first kappa shape index (κ1) is 15.6. The number of ether oxygens (including phenoxy) is 1. The van der Waals surface area contributed by atoms with Gasteiger partial charge in [0.1, 0.15) is 10.1 Å². The van der Waals surface area contributed by atoms with Crippen molar-refractivity contribution in [1.29, 1.82) is 0 Å². The summed E-state index contributed by atoms with van der Waals surface area (Å²) in [6.45, 7) is 2.35. The van der Waals surface area contributed by atoms with Gasteiger partial charge in [0.05, 0.1) is 22.6 Å². The van der Waals surface area contributed by atoms with E-state index in [1.807, 2.05) is 19.1 Å². The zero-order chi connectivity index (χ0) is 14.8. The second-order valence-electron chi connectivity index (χ2n) is 4.42. The maximum atomic E-state index is 10.6. The van der Waals surface area contributed by atoms with E-state index in [1.165, 1.54) is 11.3 Å². The van der Waals surface area contributed by atoms with Gasteiger partial charge in [0, 0.05) is 6.07 Å². The predicted octanol–water partition coefficient (Wildman–Crippen LogP) is 2.94. The average molecular weight is 333 g/mol. The molecule has 0 saturated carbocycles. The average Bonchev–Trinajstić information content (AvgIpc) is 2.66. The molecule has 20 heavy (non-hydrogen) atoms. The van der Waals surface area contributed by atoms with E-state index in [0.29, 0.717) is 23.8 Å². The fourth-order valence-corrected chi connectivity index (χ4v) is 3.53. The number of fused-ring (bicyclic) bond motifs is 1. The molecule has 1 heterocycles. The van der Waals surface area contributed by atoms with Crippen molar-refractivity contribution in [3.8, 4) is 5.75 Å². The van der Waals surface area contributed by atoms with Crippen LogP contribution in [0.25, 0.3) is 10.2 Å². The van der Waals surface area contributed by atoms with Crippen molar-refractivity contribution >= 4 is 44.3 Å². The monoisotopic (exact) mass is 333 g/mol. The standard InChI is InChI=1S/C12H15NO4S3/c1-8-6-11-9(13-12(18)19-11)7-10(8)17-4-2-3-5-20(14,15)16/h6-7H,2-5H2,1H3,(H,13,18)(H,14,15,16). The van der Waals surface area contributed by atoms with Crippen molar-refractivity contribution in [2.75, 3.05) is 12.4 Å². The van der Waals surface area contributed by atoms with Gasteiger partial charge in [-0.1, -0.05) is 0 Å². The van der Waals surface area contributed by atoms with Crippen molar-refractivity contribution < 1.29 is 17.7 Å². The van der Waals surface area contributed by atoms with Crippen molar-refractivity contribution in [2.45, 2.75) is 24.1 Å². The zero-order valence-electron chi connectivity index (χ0n) is 10.9. The molecule has 1 aromatic heterocycles. The summed E-state index contributed by atoms with van der Waals surface area (Å²) in [7, 11) is -3.88. The molecule has 0 aliphatic carbocycles. The Hall–Kier alpha value is -0.830. The molecule has 0 radical (unpaired) electrons. The second-order valence-corrected chi connectivity index (χ2v) is 7.75. The predicted molar refractivity (Wildman–Crippen MR) is 82.8 cm³/mol. The summed E-state index contributed by atoms with van der Waals surface area (Å²) in [6.07, 6.45) is 0.934. The van der Waals surface area contributed by atoms with Crippen LogP contribution in [0.4, 0.5) is 0 Å². The first-order chi connectivity index (χ1) is 9.35. The first-order valence-electron chi connectivity index (χ1n) is 6.03. The molecule has 2 rings (SSSR count). The molecule has 1 aromatic carbocycles. The van der Waals surface area contributed by atoms with Gasteiger partial charge in [0.15, 0.2) is 0 Å². The largest absolute Gasteiger partial charge is 0.493 e. The normalized spacial score (nSPS) is 11.9. The van der Waals surface area contributed by atoms with Gasteiger partial charge in [-0.15, -0.1) is 24.0 Å². The number of aryl methyl sites for hydroxylation is 1. The van der Waals surface area contributed by atoms with Gasteiger partial charge in [-0.2, -0.15) is 8.42 Å². The Labute approximate surface area is 127 Å². The molecular formula is C12H15NO4S3. The number of aromatic nitrogens is 1. The van der Waals surface area contributed by atoms with E-state index < -0.39 is 10.1 Å². The van der Waals surface area contributed by atoms with Crippen LogP contribution < -0.4 is 4.74 Å². The fourth-order valence-electron chi connectivity index (χ4n) is 1.77. The second kappa shape index (κ2) is 6.30. The lowest BCUT2D eigenvalue weighted by Crippen LogP contribution is -2.06. The van der Waals surface area contributed by atoms with Crippen LogP contribution in [0.1, 0.15) is 18.4 Å². The topological polar surface area (TPSA) is 76.5 Å². The lowest BCUT2D eigenvalue weighted by atomic mass is 10.2. The Morgan fingerprint density at radius 1 is 1.40 bits per heavy atom. The number of benzene rings is 1. The Bertz CT molecular complexity index is 709. The Kier molecular flexibility index (Phi) is 4.90. The third kappa shape index (κ3) is 4.34. The fraction of sp³-hybridized carbons (Fsp3) is 0.417. The van der Waals surface area contributed by atoms with Gasteiger partial charge in [-0.3, -0.25) is 4.55 Å². The van der Waals surface area contributed by atoms with Crippen molar-refractivity contribution in [1.82, 2.24) is 4.98 Å². The van der Waals surface area contributed by atoms with E-state index in [0.717, 1.165) is 21.5 Å². The van der Waals surface area contributed by atoms with Crippen LogP contribution in [0.15, 0.2) is 16.5 Å². The van der Waals surface area contributed by atoms with Gasteiger partial charge in [-0.25, -0.2) is 4.98 Å². The number of hydrogen-bond donors (Lipinski definition) is 2. The number of unbranched alkanes of at least 4 members (excludes halogenated alkanes) is 1. The third-order valence-corrected chi connectivity index (χ3v) is 4.73. The van der Waals surface area contributed by atoms with E-state index in [-0.39, 0.29) is 5.75 Å². The minimum Gasteiger partial charge on any atom is -0.493 e. The summed E-state index contributed by atoms with van der Waals surface area (Å²) in [4.78, 5) is 4.28. The molecule has 0 bridgehead atoms. The SMILES string of the molecule is Cc1cc2sc(S)nc2cc1OCCCCS(=O)(=O)O. The summed E-state index contributed by atoms with van der Waals surface area (Å²) >= 11 is 5.74. The van der Waals surface area contributed by atoms with Crippen LogP contribution in [0, 0.1) is 6.92 Å². The molecule has 0 aliphatic heterocycles. The highest BCUT2D eigenvalue weighted by Gasteiger charge is 2.08. The van der Waals surface area contributed by atoms with E-state index in [9.17, 15) is 8.42 Å². The molecule has 0 aliphatic rings. The van der Waals surface area contributed by atoms with Crippen LogP contribution in [0.2, 0.25) is 0 Å². The zero-order valence-corrected chi connectivity index (χ0v) is 13.4. The quantitative estimate of drug-likeness (QED) is 0.483. The Balaban J connectivity index is 1.94. The summed E-state index contributed by atoms with van der Waals surface area (Å²) in [5.41, 5.74) is 1.85. The lowest BCUT2D eigenvalue weighted by molar-refractivity contribution is 0.307. The van der Waals surface area contributed by atoms with Crippen LogP contribution in [-0.4, -0.2) is 30.3 Å². The summed E-state index contributed by atoms with van der Waals surface area (Å²) in [6, 6.07) is 3.86. The highest BCUT2D eigenvalue weighted by Crippen LogP contribution is 2.30. The molecule has 5 nitrogen and oxygen atoms in total. The summed E-state index contributed by atoms with van der Waals surface area (Å²) < 4.78 is 37.2. The minimum atomic E-state index is -3.88. The van der Waals surface area contributed by atoms with Crippen LogP contribution in [-0.2, 0) is 10.1 Å². The maximum absolute atomic E-state index is 10.6. The number of nitrogens with zero attached hydrogens (tertiary/aromatic N) is 1. The van der Waals surface area contributed by atoms with Crippen molar-refractivity contribution in [2.24, 2.45) is 0 Å². The number of rotatable bonds is 6. The molecule has 0 spiro atoms. The van der Waals surface area contributed by atoms with Gasteiger partial charge in [0.2, 0.25) is 0 Å². The smallest absolute Gasteiger partial charge is 0.264 e. The van der Waals surface area contributed by atoms with Crippen LogP contribution >= 0.6 is 24.0 Å². The lowest BCUT2D eigenvalue weighted by Gasteiger charge is -2.08. The summed E-state index contributed by atoms with van der Waals surface area (Å²) in [5.74, 6) is 0.506. The highest BCUT2D eigenvalue weighted by atomic mass is 32.2. The first-order valence-corrected chi connectivity index (χ1v) is 8.90. The van der Waals surface area contributed by atoms with Crippen LogP contribution in [0.5, 0.6) is 5.75 Å². The van der Waals surface area contributed by atoms with E-state index in [1.54, 1.807) is 0 Å². The number of thiol groups is 1. The molecule has 0 unspecified atom stereocenters. The molecule has 1 N–H and O–H groups in total. The molecule has 0 atom stereocenters. The molecule has 110 valence electrons. The molecule has 8 heteroatoms. The van der Waals surface area contributed by atoms with Gasteiger partial charge >= 0.3 is 0 Å². The molecule has 0 fully saturated rings. The van der Waals surface area contributed by atoms with Crippen molar-refractivity contribution in [3.63, 3.8) is 0 Å². The number of thiazole rings is 1. The summed E-state index contributed by atoms with van der Waals surface area (Å²) in [5, 5.41) is 0. The van der Waals surface area contributed by atoms with E-state index >= 15 is 0 Å². The van der Waals surface area contributed by atoms with E-state index in [4.69, 9.17) is 9.29 Å². The minimum absolute atomic E-state index is 0.233. The Morgan fingerprint density at radius 3 is 2.85 bits per heavy atom. The molecular weight excluding hydrogens is 318 g/mol. The molecule has 0 saturated heterocycles. The van der Waals surface area contributed by atoms with Gasteiger partial charge in [0.25, 0.3) is 10.1 Å².